The SMILES string of the molecule is C[C@H]1Oc2ccccc2CCCCC2(CCN(C(=O)c3cccc(OCCCN4CCCC4)c3)CC2)CN(C)C1=O. The van der Waals surface area contributed by atoms with Crippen LogP contribution >= 0.6 is 0 Å². The van der Waals surface area contributed by atoms with Gasteiger partial charge in [-0.15, -0.1) is 0 Å². The minimum atomic E-state index is -0.533. The number of nitrogens with zero attached hydrogens (tertiary/aromatic N) is 3. The van der Waals surface area contributed by atoms with Gasteiger partial charge in [0.25, 0.3) is 11.8 Å². The van der Waals surface area contributed by atoms with E-state index in [4.69, 9.17) is 9.47 Å². The molecule has 0 N–H and O–H groups in total. The second kappa shape index (κ2) is 13.7. The Kier molecular flexibility index (Phi) is 9.86. The lowest BCUT2D eigenvalue weighted by Gasteiger charge is -2.44. The summed E-state index contributed by atoms with van der Waals surface area (Å²) < 4.78 is 12.1. The number of carbonyl (C=O) groups excluding carboxylic acids is 2. The molecular formula is C34H47N3O4. The van der Waals surface area contributed by atoms with Crippen molar-refractivity contribution in [2.24, 2.45) is 5.41 Å². The molecule has 0 aliphatic carbocycles. The zero-order chi connectivity index (χ0) is 28.7. The molecule has 0 radical (unpaired) electrons. The summed E-state index contributed by atoms with van der Waals surface area (Å²) in [6, 6.07) is 15.7. The van der Waals surface area contributed by atoms with E-state index >= 15 is 0 Å². The normalized spacial score (nSPS) is 22.0. The highest BCUT2D eigenvalue weighted by Crippen LogP contribution is 2.39. The van der Waals surface area contributed by atoms with Crippen molar-refractivity contribution < 1.29 is 19.1 Å². The number of likely N-dealkylation sites (N-methyl/N-ethyl adjacent to an activating group) is 1. The molecule has 2 aromatic rings. The molecule has 0 bridgehead atoms. The number of fused-ring (bicyclic) bond motifs is 1. The number of hydrogen-bond donors (Lipinski definition) is 0. The Bertz CT molecular complexity index is 1170. The molecule has 3 aliphatic rings. The van der Waals surface area contributed by atoms with Crippen LogP contribution in [0.25, 0.3) is 0 Å². The summed E-state index contributed by atoms with van der Waals surface area (Å²) in [6.45, 7) is 8.11. The lowest BCUT2D eigenvalue weighted by atomic mass is 9.73. The molecule has 3 aliphatic heterocycles. The minimum Gasteiger partial charge on any atom is -0.494 e. The highest BCUT2D eigenvalue weighted by atomic mass is 16.5. The first-order chi connectivity index (χ1) is 19.9. The van der Waals surface area contributed by atoms with Crippen LogP contribution in [-0.4, -0.2) is 85.5 Å². The van der Waals surface area contributed by atoms with Gasteiger partial charge < -0.3 is 24.2 Å². The molecule has 5 rings (SSSR count). The smallest absolute Gasteiger partial charge is 0.263 e. The van der Waals surface area contributed by atoms with Crippen LogP contribution in [0.3, 0.4) is 0 Å². The second-order valence-corrected chi connectivity index (χ2v) is 12.3. The van der Waals surface area contributed by atoms with Crippen molar-refractivity contribution >= 4 is 11.8 Å². The number of likely N-dealkylation sites (tertiary alicyclic amines) is 2. The lowest BCUT2D eigenvalue weighted by Crippen LogP contribution is -2.50. The van der Waals surface area contributed by atoms with Crippen molar-refractivity contribution in [2.75, 3.05) is 52.9 Å². The first kappa shape index (κ1) is 29.4. The zero-order valence-electron chi connectivity index (χ0n) is 25.0. The Labute approximate surface area is 245 Å². The highest BCUT2D eigenvalue weighted by Gasteiger charge is 2.38. The Hall–Kier alpha value is -3.06. The molecule has 7 heteroatoms. The molecule has 3 heterocycles. The highest BCUT2D eigenvalue weighted by molar-refractivity contribution is 5.94. The van der Waals surface area contributed by atoms with E-state index in [9.17, 15) is 9.59 Å². The molecule has 222 valence electrons. The number of aryl methyl sites for hydroxylation is 1. The van der Waals surface area contributed by atoms with E-state index in [1.807, 2.05) is 66.2 Å². The van der Waals surface area contributed by atoms with Gasteiger partial charge in [0.15, 0.2) is 6.10 Å². The van der Waals surface area contributed by atoms with Gasteiger partial charge in [-0.3, -0.25) is 9.59 Å². The predicted molar refractivity (Wildman–Crippen MR) is 162 cm³/mol. The molecule has 1 spiro atoms. The fourth-order valence-electron chi connectivity index (χ4n) is 6.83. The molecule has 2 saturated heterocycles. The molecule has 0 saturated carbocycles. The van der Waals surface area contributed by atoms with Gasteiger partial charge in [-0.1, -0.05) is 30.7 Å². The third kappa shape index (κ3) is 7.62. The van der Waals surface area contributed by atoms with E-state index in [-0.39, 0.29) is 17.2 Å². The molecule has 2 aromatic carbocycles. The molecule has 7 nitrogen and oxygen atoms in total. The van der Waals surface area contributed by atoms with E-state index in [0.717, 1.165) is 63.0 Å². The molecular weight excluding hydrogens is 514 g/mol. The average Bonchev–Trinajstić information content (AvgIpc) is 3.51. The van der Waals surface area contributed by atoms with Crippen LogP contribution in [0.4, 0.5) is 0 Å². The standard InChI is InChI=1S/C34H47N3O4/c1-27-32(38)35(2)26-34(16-6-5-12-28-11-3-4-15-31(28)41-27)17-22-37(23-18-34)33(39)29-13-9-14-30(25-29)40-24-10-21-36-19-7-8-20-36/h3-4,9,11,13-15,25,27H,5-8,10,12,16-24,26H2,1-2H3/t27-/m1/s1. The van der Waals surface area contributed by atoms with Crippen LogP contribution in [-0.2, 0) is 11.2 Å². The Morgan fingerprint density at radius 1 is 0.976 bits per heavy atom. The Balaban J connectivity index is 1.17. The molecule has 2 amide bonds. The summed E-state index contributed by atoms with van der Waals surface area (Å²) in [6.07, 6.45) is 9.06. The van der Waals surface area contributed by atoms with E-state index < -0.39 is 6.10 Å². The Morgan fingerprint density at radius 3 is 2.56 bits per heavy atom. The fraction of sp³-hybridized carbons (Fsp3) is 0.588. The zero-order valence-corrected chi connectivity index (χ0v) is 25.0. The minimum absolute atomic E-state index is 0.00972. The van der Waals surface area contributed by atoms with Crippen molar-refractivity contribution in [3.05, 3.63) is 59.7 Å². The number of piperidine rings is 1. The summed E-state index contributed by atoms with van der Waals surface area (Å²) in [7, 11) is 1.90. The quantitative estimate of drug-likeness (QED) is 0.441. The second-order valence-electron chi connectivity index (χ2n) is 12.3. The first-order valence-electron chi connectivity index (χ1n) is 15.7. The summed E-state index contributed by atoms with van der Waals surface area (Å²) >= 11 is 0. The maximum absolute atomic E-state index is 13.5. The van der Waals surface area contributed by atoms with E-state index in [1.54, 1.807) is 0 Å². The van der Waals surface area contributed by atoms with Gasteiger partial charge in [0, 0.05) is 38.8 Å². The molecule has 0 aromatic heterocycles. The van der Waals surface area contributed by atoms with Crippen LogP contribution in [0.15, 0.2) is 48.5 Å². The summed E-state index contributed by atoms with van der Waals surface area (Å²) in [5, 5.41) is 0. The number of carbonyl (C=O) groups is 2. The van der Waals surface area contributed by atoms with Crippen molar-refractivity contribution in [3.63, 3.8) is 0 Å². The monoisotopic (exact) mass is 561 g/mol. The van der Waals surface area contributed by atoms with Crippen molar-refractivity contribution in [1.29, 1.82) is 0 Å². The number of benzene rings is 2. The molecule has 1 atom stereocenters. The summed E-state index contributed by atoms with van der Waals surface area (Å²) in [5.41, 5.74) is 1.87. The maximum Gasteiger partial charge on any atom is 0.263 e. The van der Waals surface area contributed by atoms with Crippen LogP contribution < -0.4 is 9.47 Å². The van der Waals surface area contributed by atoms with Crippen molar-refractivity contribution in [1.82, 2.24) is 14.7 Å². The summed E-state index contributed by atoms with van der Waals surface area (Å²) in [4.78, 5) is 33.1. The predicted octanol–water partition coefficient (Wildman–Crippen LogP) is 5.43. The number of para-hydroxylation sites is 1. The third-order valence-electron chi connectivity index (χ3n) is 9.25. The van der Waals surface area contributed by atoms with Crippen LogP contribution in [0.2, 0.25) is 0 Å². The van der Waals surface area contributed by atoms with E-state index in [1.165, 1.54) is 31.5 Å². The van der Waals surface area contributed by atoms with Gasteiger partial charge in [0.1, 0.15) is 11.5 Å². The number of hydrogen-bond acceptors (Lipinski definition) is 5. The number of rotatable bonds is 6. The van der Waals surface area contributed by atoms with Gasteiger partial charge in [0.2, 0.25) is 0 Å². The van der Waals surface area contributed by atoms with Crippen LogP contribution in [0.5, 0.6) is 11.5 Å². The molecule has 41 heavy (non-hydrogen) atoms. The van der Waals surface area contributed by atoms with Gasteiger partial charge in [0.05, 0.1) is 6.61 Å². The van der Waals surface area contributed by atoms with Crippen molar-refractivity contribution in [2.45, 2.75) is 70.8 Å². The molecule has 2 fully saturated rings. The topological polar surface area (TPSA) is 62.3 Å². The van der Waals surface area contributed by atoms with Crippen LogP contribution in [0.1, 0.15) is 74.2 Å². The number of amides is 2. The van der Waals surface area contributed by atoms with Crippen LogP contribution in [0, 0.1) is 5.41 Å². The average molecular weight is 562 g/mol. The lowest BCUT2D eigenvalue weighted by molar-refractivity contribution is -0.138. The summed E-state index contributed by atoms with van der Waals surface area (Å²) in [5.74, 6) is 1.66. The largest absolute Gasteiger partial charge is 0.494 e. The fourth-order valence-corrected chi connectivity index (χ4v) is 6.83. The first-order valence-corrected chi connectivity index (χ1v) is 15.7. The van der Waals surface area contributed by atoms with E-state index in [2.05, 4.69) is 11.0 Å². The van der Waals surface area contributed by atoms with Gasteiger partial charge >= 0.3 is 0 Å². The third-order valence-corrected chi connectivity index (χ3v) is 9.25. The van der Waals surface area contributed by atoms with E-state index in [0.29, 0.717) is 31.8 Å². The molecule has 0 unspecified atom stereocenters. The van der Waals surface area contributed by atoms with Crippen molar-refractivity contribution in [3.8, 4) is 11.5 Å². The van der Waals surface area contributed by atoms with Gasteiger partial charge in [-0.25, -0.2) is 0 Å². The Morgan fingerprint density at radius 2 is 1.76 bits per heavy atom. The maximum atomic E-state index is 13.5. The number of ether oxygens (including phenoxy) is 2. The van der Waals surface area contributed by atoms with Gasteiger partial charge in [-0.05, 0) is 107 Å². The van der Waals surface area contributed by atoms with Gasteiger partial charge in [-0.2, -0.15) is 0 Å².